The van der Waals surface area contributed by atoms with Crippen LogP contribution in [0.2, 0.25) is 0 Å². The average Bonchev–Trinajstić information content (AvgIpc) is 3.41. The number of nitrogens with two attached hydrogens (primary N) is 1. The molecule has 26 heavy (non-hydrogen) atoms. The quantitative estimate of drug-likeness (QED) is 0.713. The van der Waals surface area contributed by atoms with Gasteiger partial charge >= 0.3 is 0 Å². The maximum absolute atomic E-state index is 15.0. The van der Waals surface area contributed by atoms with E-state index in [0.717, 1.165) is 12.1 Å². The van der Waals surface area contributed by atoms with Crippen molar-refractivity contribution in [3.05, 3.63) is 64.6 Å². The minimum atomic E-state index is -1.61. The molecule has 0 spiro atoms. The Kier molecular flexibility index (Phi) is 4.42. The van der Waals surface area contributed by atoms with E-state index in [1.54, 1.807) is 6.08 Å². The van der Waals surface area contributed by atoms with Crippen molar-refractivity contribution in [2.24, 2.45) is 5.73 Å². The average molecular weight is 364 g/mol. The Bertz CT molecular complexity index is 906. The highest BCUT2D eigenvalue weighted by molar-refractivity contribution is 5.62. The van der Waals surface area contributed by atoms with Crippen LogP contribution in [-0.2, 0) is 11.2 Å². The summed E-state index contributed by atoms with van der Waals surface area (Å²) in [6.07, 6.45) is 2.31. The molecule has 1 aliphatic rings. The highest BCUT2D eigenvalue weighted by Gasteiger charge is 2.40. The van der Waals surface area contributed by atoms with E-state index < -0.39 is 28.7 Å². The molecule has 3 rings (SSSR count). The van der Waals surface area contributed by atoms with Crippen LogP contribution in [0.1, 0.15) is 31.5 Å². The van der Waals surface area contributed by atoms with Gasteiger partial charge in [-0.25, -0.2) is 18.2 Å². The van der Waals surface area contributed by atoms with Gasteiger partial charge in [0, 0.05) is 17.7 Å². The highest BCUT2D eigenvalue weighted by Crippen LogP contribution is 2.41. The minimum absolute atomic E-state index is 0.0158. The predicted octanol–water partition coefficient (Wildman–Crippen LogP) is 2.87. The van der Waals surface area contributed by atoms with Crippen molar-refractivity contribution in [3.8, 4) is 11.3 Å². The molecule has 7 heteroatoms. The van der Waals surface area contributed by atoms with Gasteiger partial charge < -0.3 is 15.9 Å². The van der Waals surface area contributed by atoms with Crippen molar-refractivity contribution < 1.29 is 23.4 Å². The van der Waals surface area contributed by atoms with Crippen LogP contribution >= 0.6 is 0 Å². The van der Waals surface area contributed by atoms with Gasteiger partial charge in [-0.3, -0.25) is 0 Å². The van der Waals surface area contributed by atoms with Gasteiger partial charge in [-0.15, -0.1) is 0 Å². The van der Waals surface area contributed by atoms with Crippen LogP contribution in [0.3, 0.4) is 0 Å². The van der Waals surface area contributed by atoms with Gasteiger partial charge in [0.2, 0.25) is 0 Å². The molecule has 0 radical (unpaired) electrons. The third-order valence-corrected chi connectivity index (χ3v) is 4.47. The summed E-state index contributed by atoms with van der Waals surface area (Å²) in [4.78, 5) is 4.15. The number of allylic oxidation sites excluding steroid dienone is 1. The van der Waals surface area contributed by atoms with Crippen molar-refractivity contribution in [1.82, 2.24) is 4.98 Å². The van der Waals surface area contributed by atoms with Crippen molar-refractivity contribution in [2.45, 2.75) is 31.5 Å². The predicted molar refractivity (Wildman–Crippen MR) is 90.4 cm³/mol. The maximum Gasteiger partial charge on any atom is 0.159 e. The first-order valence-corrected chi connectivity index (χ1v) is 8.09. The number of benzene rings is 1. The number of aliphatic hydroxyl groups is 2. The van der Waals surface area contributed by atoms with Crippen LogP contribution in [0.5, 0.6) is 0 Å². The molecule has 4 nitrogen and oxygen atoms in total. The summed E-state index contributed by atoms with van der Waals surface area (Å²) < 4.78 is 41.9. The first-order chi connectivity index (χ1) is 12.1. The van der Waals surface area contributed by atoms with E-state index in [0.29, 0.717) is 12.0 Å². The van der Waals surface area contributed by atoms with E-state index in [1.165, 1.54) is 26.0 Å². The van der Waals surface area contributed by atoms with Gasteiger partial charge in [0.05, 0.1) is 11.3 Å². The van der Waals surface area contributed by atoms with Gasteiger partial charge in [-0.1, -0.05) is 6.08 Å². The molecule has 1 aromatic carbocycles. The van der Waals surface area contributed by atoms with E-state index in [4.69, 9.17) is 5.73 Å². The lowest BCUT2D eigenvalue weighted by molar-refractivity contribution is 0.0702. The molecule has 1 aromatic heterocycles. The Morgan fingerprint density at radius 3 is 2.27 bits per heavy atom. The zero-order valence-electron chi connectivity index (χ0n) is 14.4. The highest BCUT2D eigenvalue weighted by atomic mass is 19.2. The number of nitrogens with zero attached hydrogens (tertiary/aromatic N) is 1. The number of halogens is 3. The minimum Gasteiger partial charge on any atom is -0.386 e. The number of aromatic nitrogens is 1. The molecule has 4 N–H and O–H groups in total. The summed E-state index contributed by atoms with van der Waals surface area (Å²) in [5, 5.41) is 21.2. The van der Waals surface area contributed by atoms with Crippen LogP contribution in [0.25, 0.3) is 11.3 Å². The molecular formula is C19H19F3N2O2. The summed E-state index contributed by atoms with van der Waals surface area (Å²) in [6, 6.07) is 4.11. The monoisotopic (exact) mass is 364 g/mol. The molecule has 138 valence electrons. The molecule has 2 aromatic rings. The third-order valence-electron chi connectivity index (χ3n) is 4.47. The van der Waals surface area contributed by atoms with Gasteiger partial charge in [-0.2, -0.15) is 0 Å². The zero-order valence-corrected chi connectivity index (χ0v) is 14.4. The van der Waals surface area contributed by atoms with Crippen LogP contribution < -0.4 is 5.73 Å². The second-order valence-corrected chi connectivity index (χ2v) is 6.90. The maximum atomic E-state index is 15.0. The Morgan fingerprint density at radius 1 is 1.12 bits per heavy atom. The zero-order chi connectivity index (χ0) is 19.3. The first-order valence-electron chi connectivity index (χ1n) is 8.09. The fraction of sp³-hybridized carbons (Fsp3) is 0.316. The van der Waals surface area contributed by atoms with Crippen molar-refractivity contribution in [3.63, 3.8) is 0 Å². The molecule has 0 aliphatic heterocycles. The number of hydrogen-bond acceptors (Lipinski definition) is 4. The van der Waals surface area contributed by atoms with Crippen molar-refractivity contribution in [2.75, 3.05) is 6.54 Å². The van der Waals surface area contributed by atoms with Crippen LogP contribution in [0, 0.1) is 17.5 Å². The Hall–Kier alpha value is -2.22. The van der Waals surface area contributed by atoms with Gasteiger partial charge in [0.15, 0.2) is 17.5 Å². The van der Waals surface area contributed by atoms with E-state index in [2.05, 4.69) is 4.98 Å². The van der Waals surface area contributed by atoms with Crippen LogP contribution in [0.15, 0.2) is 35.9 Å². The molecule has 1 heterocycles. The summed E-state index contributed by atoms with van der Waals surface area (Å²) in [5.74, 6) is -3.11. The molecule has 1 aliphatic carbocycles. The lowest BCUT2D eigenvalue weighted by Gasteiger charge is -2.28. The number of hydrogen-bond donors (Lipinski definition) is 3. The molecule has 1 atom stereocenters. The van der Waals surface area contributed by atoms with E-state index >= 15 is 4.39 Å². The molecule has 0 bridgehead atoms. The van der Waals surface area contributed by atoms with E-state index in [9.17, 15) is 19.0 Å². The molecular weight excluding hydrogens is 345 g/mol. The summed E-state index contributed by atoms with van der Waals surface area (Å²) in [7, 11) is 0. The second kappa shape index (κ2) is 6.19. The topological polar surface area (TPSA) is 79.4 Å². The molecule has 0 amide bonds. The fourth-order valence-electron chi connectivity index (χ4n) is 2.81. The lowest BCUT2D eigenvalue weighted by Crippen LogP contribution is -2.36. The van der Waals surface area contributed by atoms with E-state index in [1.807, 2.05) is 0 Å². The number of rotatable bonds is 5. The first kappa shape index (κ1) is 18.6. The van der Waals surface area contributed by atoms with Crippen molar-refractivity contribution >= 4 is 0 Å². The Balaban J connectivity index is 2.28. The second-order valence-electron chi connectivity index (χ2n) is 6.90. The fourth-order valence-corrected chi connectivity index (χ4v) is 2.81. The standard InChI is InChI=1S/C19H19F3N2O2/c1-18(2,25)12-8-15(19(26,9-23)11-4-5-11)24-17(16(12)22)10-3-6-13(20)14(21)7-10/h3-4,6-8,25-26H,5,9,23H2,1-2H3. The lowest BCUT2D eigenvalue weighted by atomic mass is 9.89. The normalized spacial score (nSPS) is 16.2. The van der Waals surface area contributed by atoms with Crippen LogP contribution in [0.4, 0.5) is 13.2 Å². The molecule has 1 unspecified atom stereocenters. The smallest absolute Gasteiger partial charge is 0.159 e. The van der Waals surface area contributed by atoms with Crippen LogP contribution in [-0.4, -0.2) is 21.7 Å². The summed E-state index contributed by atoms with van der Waals surface area (Å²) in [6.45, 7) is 2.56. The van der Waals surface area contributed by atoms with Gasteiger partial charge in [0.25, 0.3) is 0 Å². The summed E-state index contributed by atoms with van der Waals surface area (Å²) in [5.41, 5.74) is 2.74. The SMILES string of the molecule is CC(C)(O)c1cc(C(O)(CN)C2=CC2)nc(-c2ccc(F)c(F)c2)c1F. The summed E-state index contributed by atoms with van der Waals surface area (Å²) >= 11 is 0. The van der Waals surface area contributed by atoms with Gasteiger partial charge in [0.1, 0.15) is 11.3 Å². The Labute approximate surface area is 148 Å². The van der Waals surface area contributed by atoms with E-state index in [-0.39, 0.29) is 29.1 Å². The van der Waals surface area contributed by atoms with Gasteiger partial charge in [-0.05, 0) is 50.1 Å². The molecule has 0 fully saturated rings. The van der Waals surface area contributed by atoms with Crippen molar-refractivity contribution in [1.29, 1.82) is 0 Å². The number of pyridine rings is 1. The largest absolute Gasteiger partial charge is 0.386 e. The molecule has 0 saturated heterocycles. The third kappa shape index (κ3) is 3.13. The molecule has 0 saturated carbocycles. The Morgan fingerprint density at radius 2 is 1.77 bits per heavy atom.